The molecule has 1 unspecified atom stereocenters. The molecule has 3 nitrogen and oxygen atoms in total. The number of carboxylic acid groups (broad SMARTS) is 1. The number of carbonyl (C=O) groups is 1. The smallest absolute Gasteiger partial charge is 0.345 e. The lowest BCUT2D eigenvalue weighted by Gasteiger charge is -2.14. The first-order valence-electron chi connectivity index (χ1n) is 4.50. The van der Waals surface area contributed by atoms with Gasteiger partial charge in [-0.3, -0.25) is 0 Å². The minimum Gasteiger partial charge on any atom is -0.478 e. The molecule has 1 rings (SSSR count). The zero-order valence-corrected chi connectivity index (χ0v) is 10.7. The standard InChI is InChI=1S/C11H10BrClO3/c1-2-3-10(11(14)15)16-9-5-4-7(13)6-8(9)12/h2,4-6,10H,1,3H2,(H,14,15). The molecule has 0 radical (unpaired) electrons. The second-order valence-corrected chi connectivity index (χ2v) is 4.33. The van der Waals surface area contributed by atoms with Crippen molar-refractivity contribution >= 4 is 33.5 Å². The minimum atomic E-state index is -1.03. The van der Waals surface area contributed by atoms with Crippen LogP contribution in [0.1, 0.15) is 6.42 Å². The molecule has 0 aromatic heterocycles. The van der Waals surface area contributed by atoms with Crippen LogP contribution in [0.3, 0.4) is 0 Å². The van der Waals surface area contributed by atoms with Crippen LogP contribution in [0.4, 0.5) is 0 Å². The van der Waals surface area contributed by atoms with Gasteiger partial charge in [-0.15, -0.1) is 6.58 Å². The summed E-state index contributed by atoms with van der Waals surface area (Å²) in [6.07, 6.45) is 0.808. The van der Waals surface area contributed by atoms with E-state index in [-0.39, 0.29) is 6.42 Å². The quantitative estimate of drug-likeness (QED) is 0.847. The van der Waals surface area contributed by atoms with Crippen LogP contribution in [0.15, 0.2) is 35.3 Å². The van der Waals surface area contributed by atoms with Crippen molar-refractivity contribution in [2.45, 2.75) is 12.5 Å². The molecule has 1 atom stereocenters. The molecular weight excluding hydrogens is 295 g/mol. The molecule has 0 saturated carbocycles. The van der Waals surface area contributed by atoms with Gasteiger partial charge in [0.1, 0.15) is 5.75 Å². The molecule has 0 aliphatic rings. The van der Waals surface area contributed by atoms with E-state index in [1.54, 1.807) is 18.2 Å². The normalized spacial score (nSPS) is 11.9. The van der Waals surface area contributed by atoms with Gasteiger partial charge in [0.15, 0.2) is 6.10 Å². The van der Waals surface area contributed by atoms with Crippen LogP contribution in [-0.2, 0) is 4.79 Å². The lowest BCUT2D eigenvalue weighted by Crippen LogP contribution is -2.26. The van der Waals surface area contributed by atoms with Crippen LogP contribution >= 0.6 is 27.5 Å². The average Bonchev–Trinajstić information content (AvgIpc) is 2.20. The van der Waals surface area contributed by atoms with Crippen molar-refractivity contribution in [3.63, 3.8) is 0 Å². The number of hydrogen-bond acceptors (Lipinski definition) is 2. The van der Waals surface area contributed by atoms with Crippen molar-refractivity contribution < 1.29 is 14.6 Å². The fraction of sp³-hybridized carbons (Fsp3) is 0.182. The lowest BCUT2D eigenvalue weighted by molar-refractivity contribution is -0.144. The molecule has 0 heterocycles. The summed E-state index contributed by atoms with van der Waals surface area (Å²) in [5.41, 5.74) is 0. The van der Waals surface area contributed by atoms with E-state index in [9.17, 15) is 4.79 Å². The van der Waals surface area contributed by atoms with Crippen molar-refractivity contribution in [1.29, 1.82) is 0 Å². The number of halogens is 2. The lowest BCUT2D eigenvalue weighted by atomic mass is 10.2. The molecule has 0 fully saturated rings. The third-order valence-corrected chi connectivity index (χ3v) is 2.67. The molecule has 0 aliphatic carbocycles. The van der Waals surface area contributed by atoms with Crippen LogP contribution in [0, 0.1) is 0 Å². The van der Waals surface area contributed by atoms with E-state index in [1.807, 2.05) is 0 Å². The SMILES string of the molecule is C=CCC(Oc1ccc(Cl)cc1Br)C(=O)O. The Hall–Kier alpha value is -1.00. The van der Waals surface area contributed by atoms with Gasteiger partial charge >= 0.3 is 5.97 Å². The van der Waals surface area contributed by atoms with E-state index in [2.05, 4.69) is 22.5 Å². The van der Waals surface area contributed by atoms with Gasteiger partial charge in [0.25, 0.3) is 0 Å². The van der Waals surface area contributed by atoms with Crippen molar-refractivity contribution in [2.75, 3.05) is 0 Å². The van der Waals surface area contributed by atoms with Crippen LogP contribution < -0.4 is 4.74 Å². The second kappa shape index (κ2) is 5.92. The van der Waals surface area contributed by atoms with Gasteiger partial charge in [-0.05, 0) is 34.1 Å². The third-order valence-electron chi connectivity index (χ3n) is 1.82. The van der Waals surface area contributed by atoms with Crippen molar-refractivity contribution in [3.05, 3.63) is 40.3 Å². The average molecular weight is 306 g/mol. The van der Waals surface area contributed by atoms with E-state index in [1.165, 1.54) is 6.08 Å². The number of rotatable bonds is 5. The van der Waals surface area contributed by atoms with E-state index < -0.39 is 12.1 Å². The predicted octanol–water partition coefficient (Wildman–Crippen LogP) is 3.51. The number of hydrogen-bond donors (Lipinski definition) is 1. The monoisotopic (exact) mass is 304 g/mol. The maximum Gasteiger partial charge on any atom is 0.345 e. The highest BCUT2D eigenvalue weighted by Crippen LogP contribution is 2.29. The van der Waals surface area contributed by atoms with E-state index in [4.69, 9.17) is 21.4 Å². The van der Waals surface area contributed by atoms with E-state index in [0.29, 0.717) is 15.2 Å². The summed E-state index contributed by atoms with van der Waals surface area (Å²) in [5.74, 6) is -0.583. The zero-order chi connectivity index (χ0) is 12.1. The number of benzene rings is 1. The Morgan fingerprint density at radius 3 is 2.88 bits per heavy atom. The van der Waals surface area contributed by atoms with Gasteiger partial charge < -0.3 is 9.84 Å². The van der Waals surface area contributed by atoms with E-state index in [0.717, 1.165) is 0 Å². The maximum atomic E-state index is 10.9. The van der Waals surface area contributed by atoms with Gasteiger partial charge in [0.05, 0.1) is 4.47 Å². The Kier molecular flexibility index (Phi) is 4.83. The third kappa shape index (κ3) is 3.54. The summed E-state index contributed by atoms with van der Waals surface area (Å²) in [6, 6.07) is 4.89. The first kappa shape index (κ1) is 13.1. The summed E-state index contributed by atoms with van der Waals surface area (Å²) >= 11 is 9.01. The molecule has 0 amide bonds. The number of carboxylic acids is 1. The molecule has 16 heavy (non-hydrogen) atoms. The second-order valence-electron chi connectivity index (χ2n) is 3.04. The molecule has 86 valence electrons. The Bertz CT molecular complexity index is 406. The van der Waals surface area contributed by atoms with Gasteiger partial charge in [0.2, 0.25) is 0 Å². The molecule has 0 saturated heterocycles. The molecular formula is C11H10BrClO3. The fourth-order valence-corrected chi connectivity index (χ4v) is 1.85. The Balaban J connectivity index is 2.84. The molecule has 1 N–H and O–H groups in total. The first-order chi connectivity index (χ1) is 7.54. The summed E-state index contributed by atoms with van der Waals surface area (Å²) in [4.78, 5) is 10.9. The largest absolute Gasteiger partial charge is 0.478 e. The molecule has 1 aromatic carbocycles. The zero-order valence-electron chi connectivity index (χ0n) is 8.32. The Labute approximate surface area is 107 Å². The highest BCUT2D eigenvalue weighted by atomic mass is 79.9. The van der Waals surface area contributed by atoms with Crippen molar-refractivity contribution in [3.8, 4) is 5.75 Å². The van der Waals surface area contributed by atoms with Gasteiger partial charge in [-0.1, -0.05) is 17.7 Å². The van der Waals surface area contributed by atoms with Gasteiger partial charge in [0, 0.05) is 11.4 Å². The van der Waals surface area contributed by atoms with Gasteiger partial charge in [-0.25, -0.2) is 4.79 Å². The topological polar surface area (TPSA) is 46.5 Å². The van der Waals surface area contributed by atoms with Crippen LogP contribution in [0.5, 0.6) is 5.75 Å². The van der Waals surface area contributed by atoms with Crippen LogP contribution in [0.2, 0.25) is 5.02 Å². The highest BCUT2D eigenvalue weighted by molar-refractivity contribution is 9.10. The molecule has 5 heteroatoms. The summed E-state index contributed by atoms with van der Waals surface area (Å²) in [5, 5.41) is 9.45. The predicted molar refractivity (Wildman–Crippen MR) is 66.0 cm³/mol. The molecule has 0 spiro atoms. The fourth-order valence-electron chi connectivity index (χ4n) is 1.07. The van der Waals surface area contributed by atoms with Crippen LogP contribution in [0.25, 0.3) is 0 Å². The summed E-state index contributed by atoms with van der Waals surface area (Å²) in [6.45, 7) is 3.48. The van der Waals surface area contributed by atoms with Crippen LogP contribution in [-0.4, -0.2) is 17.2 Å². The van der Waals surface area contributed by atoms with Crippen molar-refractivity contribution in [1.82, 2.24) is 0 Å². The Morgan fingerprint density at radius 1 is 1.69 bits per heavy atom. The van der Waals surface area contributed by atoms with Gasteiger partial charge in [-0.2, -0.15) is 0 Å². The summed E-state index contributed by atoms with van der Waals surface area (Å²) in [7, 11) is 0. The van der Waals surface area contributed by atoms with Crippen molar-refractivity contribution in [2.24, 2.45) is 0 Å². The highest BCUT2D eigenvalue weighted by Gasteiger charge is 2.18. The molecule has 1 aromatic rings. The maximum absolute atomic E-state index is 10.9. The number of ether oxygens (including phenoxy) is 1. The van der Waals surface area contributed by atoms with E-state index >= 15 is 0 Å². The molecule has 0 bridgehead atoms. The Morgan fingerprint density at radius 2 is 2.38 bits per heavy atom. The summed E-state index contributed by atoms with van der Waals surface area (Å²) < 4.78 is 5.95. The minimum absolute atomic E-state index is 0.240. The molecule has 0 aliphatic heterocycles. The first-order valence-corrected chi connectivity index (χ1v) is 5.67. The number of aliphatic carboxylic acids is 1.